The smallest absolute Gasteiger partial charge is 0.243 e. The van der Waals surface area contributed by atoms with Crippen molar-refractivity contribution < 1.29 is 9.32 Å². The first-order valence-electron chi connectivity index (χ1n) is 7.46. The van der Waals surface area contributed by atoms with Crippen molar-refractivity contribution in [3.8, 4) is 0 Å². The molecule has 8 heteroatoms. The summed E-state index contributed by atoms with van der Waals surface area (Å²) in [6.07, 6.45) is 5.37. The molecule has 0 radical (unpaired) electrons. The molecule has 1 aliphatic rings. The Morgan fingerprint density at radius 2 is 2.45 bits per heavy atom. The van der Waals surface area contributed by atoms with Crippen molar-refractivity contribution >= 4 is 11.8 Å². The van der Waals surface area contributed by atoms with E-state index in [1.807, 2.05) is 18.5 Å². The van der Waals surface area contributed by atoms with Gasteiger partial charge < -0.3 is 4.52 Å². The largest absolute Gasteiger partial charge is 0.338 e. The maximum Gasteiger partial charge on any atom is 0.243 e. The lowest BCUT2D eigenvalue weighted by Crippen LogP contribution is -2.46. The molecule has 0 unspecified atom stereocenters. The van der Waals surface area contributed by atoms with Gasteiger partial charge in [0.2, 0.25) is 11.8 Å². The molecule has 1 aliphatic heterocycles. The average Bonchev–Trinajstić information content (AvgIpc) is 3.21. The lowest BCUT2D eigenvalue weighted by molar-refractivity contribution is -0.121. The van der Waals surface area contributed by atoms with E-state index in [-0.39, 0.29) is 11.9 Å². The van der Waals surface area contributed by atoms with Crippen LogP contribution in [0.2, 0.25) is 0 Å². The van der Waals surface area contributed by atoms with Gasteiger partial charge in [0.1, 0.15) is 12.7 Å². The van der Waals surface area contributed by atoms with Crippen LogP contribution in [0.25, 0.3) is 0 Å². The van der Waals surface area contributed by atoms with Gasteiger partial charge in [-0.15, -0.1) is 0 Å². The van der Waals surface area contributed by atoms with Gasteiger partial charge in [0.05, 0.1) is 18.3 Å². The van der Waals surface area contributed by atoms with E-state index in [4.69, 9.17) is 4.52 Å². The minimum absolute atomic E-state index is 0.0818. The monoisotopic (exact) mass is 304 g/mol. The third-order valence-electron chi connectivity index (χ3n) is 4.04. The number of likely N-dealkylation sites (tertiary alicyclic amines) is 1. The summed E-state index contributed by atoms with van der Waals surface area (Å²) in [5.41, 5.74) is 0.744. The van der Waals surface area contributed by atoms with Crippen molar-refractivity contribution in [2.45, 2.75) is 45.3 Å². The quantitative estimate of drug-likeness (QED) is 0.888. The zero-order valence-corrected chi connectivity index (χ0v) is 12.8. The minimum Gasteiger partial charge on any atom is -0.338 e. The van der Waals surface area contributed by atoms with Crippen LogP contribution < -0.4 is 5.32 Å². The lowest BCUT2D eigenvalue weighted by atomic mass is 10.2. The number of hydrogen-bond acceptors (Lipinski definition) is 6. The molecular formula is C14H20N6O2. The molecule has 0 bridgehead atoms. The number of nitrogens with one attached hydrogen (secondary N) is 1. The number of aryl methyl sites for hydroxylation is 1. The van der Waals surface area contributed by atoms with Crippen LogP contribution in [0.5, 0.6) is 0 Å². The molecule has 1 fully saturated rings. The van der Waals surface area contributed by atoms with Crippen molar-refractivity contribution in [1.29, 1.82) is 0 Å². The fourth-order valence-corrected chi connectivity index (χ4v) is 2.91. The predicted molar refractivity (Wildman–Crippen MR) is 79.1 cm³/mol. The molecule has 2 aromatic rings. The topological polar surface area (TPSA) is 89.1 Å². The summed E-state index contributed by atoms with van der Waals surface area (Å²) in [6, 6.07) is 1.77. The SMILES string of the molecule is Cc1cc(NC(=O)[C@@H](C)N2CCC[C@H]2Cn2cncn2)on1. The Morgan fingerprint density at radius 1 is 1.59 bits per heavy atom. The molecule has 0 aromatic carbocycles. The van der Waals surface area contributed by atoms with E-state index in [9.17, 15) is 4.79 Å². The fraction of sp³-hybridized carbons (Fsp3) is 0.571. The lowest BCUT2D eigenvalue weighted by Gasteiger charge is -2.29. The number of anilines is 1. The Hall–Kier alpha value is -2.22. The van der Waals surface area contributed by atoms with E-state index in [0.717, 1.165) is 31.6 Å². The van der Waals surface area contributed by atoms with E-state index in [0.29, 0.717) is 11.9 Å². The van der Waals surface area contributed by atoms with Gasteiger partial charge in [0.15, 0.2) is 0 Å². The molecule has 22 heavy (non-hydrogen) atoms. The van der Waals surface area contributed by atoms with Crippen LogP contribution >= 0.6 is 0 Å². The van der Waals surface area contributed by atoms with Crippen LogP contribution in [0.4, 0.5) is 5.88 Å². The Bertz CT molecular complexity index is 623. The van der Waals surface area contributed by atoms with Gasteiger partial charge in [-0.25, -0.2) is 4.98 Å². The summed E-state index contributed by atoms with van der Waals surface area (Å²) in [5.74, 6) is 0.308. The maximum atomic E-state index is 12.4. The second kappa shape index (κ2) is 6.27. The average molecular weight is 304 g/mol. The second-order valence-corrected chi connectivity index (χ2v) is 5.65. The van der Waals surface area contributed by atoms with Gasteiger partial charge in [0.25, 0.3) is 0 Å². The highest BCUT2D eigenvalue weighted by Gasteiger charge is 2.32. The molecule has 0 spiro atoms. The fourth-order valence-electron chi connectivity index (χ4n) is 2.91. The third-order valence-corrected chi connectivity index (χ3v) is 4.04. The van der Waals surface area contributed by atoms with E-state index in [2.05, 4.69) is 25.5 Å². The predicted octanol–water partition coefficient (Wildman–Crippen LogP) is 1.07. The van der Waals surface area contributed by atoms with Gasteiger partial charge in [-0.1, -0.05) is 5.16 Å². The molecule has 118 valence electrons. The number of carbonyl (C=O) groups excluding carboxylic acids is 1. The van der Waals surface area contributed by atoms with E-state index >= 15 is 0 Å². The summed E-state index contributed by atoms with van der Waals surface area (Å²) < 4.78 is 6.85. The highest BCUT2D eigenvalue weighted by molar-refractivity contribution is 5.93. The van der Waals surface area contributed by atoms with Crippen molar-refractivity contribution in [2.24, 2.45) is 0 Å². The number of rotatable bonds is 5. The molecule has 1 amide bonds. The van der Waals surface area contributed by atoms with Crippen molar-refractivity contribution in [3.63, 3.8) is 0 Å². The normalized spacial score (nSPS) is 20.2. The molecule has 1 N–H and O–H groups in total. The summed E-state index contributed by atoms with van der Waals surface area (Å²) in [6.45, 7) is 5.39. The van der Waals surface area contributed by atoms with Crippen LogP contribution in [-0.2, 0) is 11.3 Å². The number of hydrogen-bond donors (Lipinski definition) is 1. The molecule has 3 rings (SSSR count). The Morgan fingerprint density at radius 3 is 3.14 bits per heavy atom. The summed E-state index contributed by atoms with van der Waals surface area (Å²) in [7, 11) is 0. The van der Waals surface area contributed by atoms with Crippen LogP contribution in [0.1, 0.15) is 25.5 Å². The zero-order chi connectivity index (χ0) is 15.5. The zero-order valence-electron chi connectivity index (χ0n) is 12.8. The van der Waals surface area contributed by atoms with E-state index in [1.54, 1.807) is 12.4 Å². The summed E-state index contributed by atoms with van der Waals surface area (Å²) in [4.78, 5) is 18.6. The first-order chi connectivity index (χ1) is 10.6. The molecule has 2 aromatic heterocycles. The first kappa shape index (κ1) is 14.7. The third kappa shape index (κ3) is 3.16. The van der Waals surface area contributed by atoms with E-state index in [1.165, 1.54) is 6.33 Å². The van der Waals surface area contributed by atoms with Crippen molar-refractivity contribution in [2.75, 3.05) is 11.9 Å². The molecule has 1 saturated heterocycles. The van der Waals surface area contributed by atoms with Gasteiger partial charge >= 0.3 is 0 Å². The maximum absolute atomic E-state index is 12.4. The minimum atomic E-state index is -0.235. The molecule has 2 atom stereocenters. The standard InChI is InChI=1S/C14H20N6O2/c1-10-6-13(22-18-10)17-14(21)11(2)20-5-3-4-12(20)7-19-9-15-8-16-19/h6,8-9,11-12H,3-5,7H2,1-2H3,(H,17,21)/t11-,12+/m1/s1. The van der Waals surface area contributed by atoms with Crippen LogP contribution in [0, 0.1) is 6.92 Å². The molecule has 3 heterocycles. The summed E-state index contributed by atoms with van der Waals surface area (Å²) in [5, 5.41) is 10.7. The van der Waals surface area contributed by atoms with Crippen LogP contribution in [0.15, 0.2) is 23.2 Å². The number of nitrogens with zero attached hydrogens (tertiary/aromatic N) is 5. The molecule has 8 nitrogen and oxygen atoms in total. The number of aromatic nitrogens is 4. The van der Waals surface area contributed by atoms with Gasteiger partial charge in [0, 0.05) is 12.1 Å². The van der Waals surface area contributed by atoms with Gasteiger partial charge in [-0.05, 0) is 33.2 Å². The Kier molecular flexibility index (Phi) is 4.19. The number of carbonyl (C=O) groups is 1. The molecule has 0 saturated carbocycles. The van der Waals surface area contributed by atoms with Gasteiger partial charge in [-0.3, -0.25) is 19.7 Å². The highest BCUT2D eigenvalue weighted by atomic mass is 16.5. The van der Waals surface area contributed by atoms with Crippen LogP contribution in [0.3, 0.4) is 0 Å². The van der Waals surface area contributed by atoms with Gasteiger partial charge in [-0.2, -0.15) is 5.10 Å². The molecule has 0 aliphatic carbocycles. The molecular weight excluding hydrogens is 284 g/mol. The van der Waals surface area contributed by atoms with Crippen molar-refractivity contribution in [3.05, 3.63) is 24.4 Å². The van der Waals surface area contributed by atoms with Crippen LogP contribution in [-0.4, -0.2) is 49.4 Å². The Labute approximate surface area is 128 Å². The second-order valence-electron chi connectivity index (χ2n) is 5.65. The Balaban J connectivity index is 1.62. The number of amides is 1. The summed E-state index contributed by atoms with van der Waals surface area (Å²) >= 11 is 0. The van der Waals surface area contributed by atoms with E-state index < -0.39 is 0 Å². The van der Waals surface area contributed by atoms with Crippen molar-refractivity contribution in [1.82, 2.24) is 24.8 Å². The first-order valence-corrected chi connectivity index (χ1v) is 7.46. The highest BCUT2D eigenvalue weighted by Crippen LogP contribution is 2.22.